The minimum Gasteiger partial charge on any atom is -0.281 e. The average molecular weight is 333 g/mol. The van der Waals surface area contributed by atoms with E-state index in [-0.39, 0.29) is 5.33 Å². The van der Waals surface area contributed by atoms with E-state index in [2.05, 4.69) is 20.1 Å². The Bertz CT molecular complexity index is 401. The second-order valence-electron chi connectivity index (χ2n) is 2.33. The summed E-state index contributed by atoms with van der Waals surface area (Å²) in [5.74, 6) is -0.589. The molecular formula is C4H7BrF2O6S2. The highest BCUT2D eigenvalue weighted by Gasteiger charge is 2.45. The molecule has 0 aliphatic carbocycles. The highest BCUT2D eigenvalue weighted by Crippen LogP contribution is 2.21. The van der Waals surface area contributed by atoms with Crippen molar-refractivity contribution in [2.24, 2.45) is 0 Å². The van der Waals surface area contributed by atoms with Gasteiger partial charge >= 0.3 is 15.4 Å². The van der Waals surface area contributed by atoms with Crippen LogP contribution >= 0.6 is 15.9 Å². The molecule has 92 valence electrons. The molecule has 0 bridgehead atoms. The lowest BCUT2D eigenvalue weighted by Crippen LogP contribution is -2.35. The Hall–Kier alpha value is 0.160. The van der Waals surface area contributed by atoms with E-state index < -0.39 is 37.9 Å². The van der Waals surface area contributed by atoms with Crippen LogP contribution in [-0.4, -0.2) is 44.3 Å². The summed E-state index contributed by atoms with van der Waals surface area (Å²) in [5.41, 5.74) is 0. The van der Waals surface area contributed by atoms with Crippen molar-refractivity contribution < 1.29 is 34.4 Å². The van der Waals surface area contributed by atoms with Gasteiger partial charge in [0.15, 0.2) is 0 Å². The maximum atomic E-state index is 12.5. The van der Waals surface area contributed by atoms with E-state index in [1.54, 1.807) is 0 Å². The summed E-state index contributed by atoms with van der Waals surface area (Å²) in [4.78, 5) is 0. The normalized spacial score (nSPS) is 14.1. The Morgan fingerprint density at radius 1 is 1.27 bits per heavy atom. The number of halogens is 3. The molecule has 0 aromatic heterocycles. The van der Waals surface area contributed by atoms with Crippen molar-refractivity contribution in [2.45, 2.75) is 5.25 Å². The Kier molecular flexibility index (Phi) is 5.05. The van der Waals surface area contributed by atoms with Crippen molar-refractivity contribution in [3.63, 3.8) is 0 Å². The molecule has 0 atom stereocenters. The number of hydrogen-bond acceptors (Lipinski definition) is 5. The third kappa shape index (κ3) is 5.15. The van der Waals surface area contributed by atoms with Crippen LogP contribution in [0.15, 0.2) is 0 Å². The maximum absolute atomic E-state index is 12.5. The predicted molar refractivity (Wildman–Crippen MR) is 50.0 cm³/mol. The van der Waals surface area contributed by atoms with Crippen molar-refractivity contribution in [2.75, 3.05) is 17.7 Å². The van der Waals surface area contributed by atoms with Crippen molar-refractivity contribution in [1.82, 2.24) is 0 Å². The van der Waals surface area contributed by atoms with Gasteiger partial charge in [-0.25, -0.2) is 0 Å². The smallest absolute Gasteiger partial charge is 0.281 e. The summed E-state index contributed by atoms with van der Waals surface area (Å²) >= 11 is 2.73. The van der Waals surface area contributed by atoms with E-state index in [0.717, 1.165) is 0 Å². The third-order valence-electron chi connectivity index (χ3n) is 1.11. The van der Waals surface area contributed by atoms with Crippen LogP contribution < -0.4 is 0 Å². The Labute approximate surface area is 93.6 Å². The summed E-state index contributed by atoms with van der Waals surface area (Å²) in [7, 11) is -9.90. The van der Waals surface area contributed by atoms with Crippen LogP contribution in [0.4, 0.5) is 8.78 Å². The zero-order chi connectivity index (χ0) is 12.3. The van der Waals surface area contributed by atoms with Crippen molar-refractivity contribution in [3.8, 4) is 0 Å². The molecule has 1 N–H and O–H groups in total. The molecule has 0 unspecified atom stereocenters. The Morgan fingerprint density at radius 2 is 1.73 bits per heavy atom. The van der Waals surface area contributed by atoms with Crippen LogP contribution in [0.25, 0.3) is 0 Å². The Balaban J connectivity index is 4.54. The molecule has 0 spiro atoms. The highest BCUT2D eigenvalue weighted by molar-refractivity contribution is 9.09. The van der Waals surface area contributed by atoms with E-state index in [0.29, 0.717) is 0 Å². The van der Waals surface area contributed by atoms with E-state index in [1.807, 2.05) is 0 Å². The zero-order valence-electron chi connectivity index (χ0n) is 7.06. The van der Waals surface area contributed by atoms with Crippen LogP contribution in [0.5, 0.6) is 0 Å². The maximum Gasteiger partial charge on any atom is 0.393 e. The van der Waals surface area contributed by atoms with Crippen LogP contribution in [0.3, 0.4) is 0 Å². The molecule has 0 saturated carbocycles. The molecular weight excluding hydrogens is 326 g/mol. The Morgan fingerprint density at radius 3 is 2.07 bits per heavy atom. The summed E-state index contributed by atoms with van der Waals surface area (Å²) in [5, 5.41) is -4.70. The molecule has 0 amide bonds. The van der Waals surface area contributed by atoms with Gasteiger partial charge in [-0.05, 0) is 0 Å². The summed E-state index contributed by atoms with van der Waals surface area (Å²) in [6.45, 7) is -1.94. The predicted octanol–water partition coefficient (Wildman–Crippen LogP) is 0.208. The number of hydrogen-bond donors (Lipinski definition) is 1. The van der Waals surface area contributed by atoms with Crippen LogP contribution in [0.2, 0.25) is 0 Å². The van der Waals surface area contributed by atoms with E-state index in [9.17, 15) is 25.6 Å². The third-order valence-corrected chi connectivity index (χ3v) is 4.09. The van der Waals surface area contributed by atoms with E-state index in [1.165, 1.54) is 0 Å². The summed E-state index contributed by atoms with van der Waals surface area (Å²) in [6, 6.07) is 0. The van der Waals surface area contributed by atoms with Gasteiger partial charge in [0.25, 0.3) is 10.1 Å². The van der Waals surface area contributed by atoms with Gasteiger partial charge in [-0.1, -0.05) is 15.9 Å². The van der Waals surface area contributed by atoms with Crippen LogP contribution in [-0.2, 0) is 24.4 Å². The van der Waals surface area contributed by atoms with Crippen LogP contribution in [0.1, 0.15) is 0 Å². The van der Waals surface area contributed by atoms with Gasteiger partial charge in [-0.3, -0.25) is 8.74 Å². The monoisotopic (exact) mass is 332 g/mol. The largest absolute Gasteiger partial charge is 0.393 e. The van der Waals surface area contributed by atoms with Gasteiger partial charge in [-0.2, -0.15) is 25.6 Å². The van der Waals surface area contributed by atoms with Crippen molar-refractivity contribution in [1.29, 1.82) is 0 Å². The van der Waals surface area contributed by atoms with Gasteiger partial charge in [0.2, 0.25) is 0 Å². The van der Waals surface area contributed by atoms with Gasteiger partial charge in [-0.15, -0.1) is 0 Å². The molecule has 0 aromatic rings. The molecule has 0 fully saturated rings. The van der Waals surface area contributed by atoms with Gasteiger partial charge in [0, 0.05) is 5.33 Å². The fraction of sp³-hybridized carbons (Fsp3) is 1.00. The number of alkyl halides is 3. The molecule has 0 aromatic carbocycles. The van der Waals surface area contributed by atoms with Gasteiger partial charge in [0.1, 0.15) is 6.61 Å². The van der Waals surface area contributed by atoms with Crippen molar-refractivity contribution >= 4 is 36.2 Å². The first-order chi connectivity index (χ1) is 6.52. The number of rotatable bonds is 6. The minimum atomic E-state index is -5.67. The molecule has 11 heteroatoms. The first-order valence-corrected chi connectivity index (χ1v) is 7.44. The molecule has 15 heavy (non-hydrogen) atoms. The molecule has 0 aliphatic heterocycles. The second kappa shape index (κ2) is 4.99. The first kappa shape index (κ1) is 15.2. The molecule has 6 nitrogen and oxygen atoms in total. The molecule has 0 aliphatic rings. The van der Waals surface area contributed by atoms with Crippen LogP contribution in [0, 0.1) is 0 Å². The van der Waals surface area contributed by atoms with E-state index >= 15 is 0 Å². The van der Waals surface area contributed by atoms with Crippen molar-refractivity contribution in [3.05, 3.63) is 0 Å². The minimum absolute atomic E-state index is 0.0488. The summed E-state index contributed by atoms with van der Waals surface area (Å²) in [6.07, 6.45) is 0. The first-order valence-electron chi connectivity index (χ1n) is 3.30. The molecule has 0 rings (SSSR count). The lowest BCUT2D eigenvalue weighted by atomic mass is 10.8. The fourth-order valence-electron chi connectivity index (χ4n) is 0.386. The highest BCUT2D eigenvalue weighted by atomic mass is 79.9. The standard InChI is InChI=1S/C4H7BrF2O6S2/c5-1-2-14(8,9)13-3-4(6,7)15(10,11)12/h1-3H2,(H,10,11,12). The SMILES string of the molecule is O=S(=O)(CCBr)OCC(F)(F)S(=O)(=O)O. The summed E-state index contributed by atoms with van der Waals surface area (Å²) < 4.78 is 78.2. The lowest BCUT2D eigenvalue weighted by molar-refractivity contribution is 0.0313. The van der Waals surface area contributed by atoms with E-state index in [4.69, 9.17) is 4.55 Å². The fourth-order valence-corrected chi connectivity index (χ4v) is 2.49. The lowest BCUT2D eigenvalue weighted by Gasteiger charge is -2.12. The van der Waals surface area contributed by atoms with Gasteiger partial charge < -0.3 is 0 Å². The zero-order valence-corrected chi connectivity index (χ0v) is 10.3. The molecule has 0 heterocycles. The topological polar surface area (TPSA) is 97.7 Å². The molecule has 0 saturated heterocycles. The van der Waals surface area contributed by atoms with Gasteiger partial charge in [0.05, 0.1) is 5.75 Å². The quantitative estimate of drug-likeness (QED) is 0.424. The average Bonchev–Trinajstić information content (AvgIpc) is 1.99. The second-order valence-corrected chi connectivity index (χ2v) is 6.43. The molecule has 0 radical (unpaired) electrons.